The maximum Gasteiger partial charge on any atom is 0.268 e. The first-order valence-corrected chi connectivity index (χ1v) is 28.4. The van der Waals surface area contributed by atoms with Crippen LogP contribution < -0.4 is 9.30 Å². The van der Waals surface area contributed by atoms with Gasteiger partial charge in [0.05, 0.1) is 16.7 Å². The van der Waals surface area contributed by atoms with Crippen LogP contribution in [0.15, 0.2) is 194 Å². The summed E-state index contributed by atoms with van der Waals surface area (Å²) in [4.78, 5) is 5.14. The molecule has 410 valence electrons. The summed E-state index contributed by atoms with van der Waals surface area (Å²) >= 11 is 0. The van der Waals surface area contributed by atoms with Gasteiger partial charge in [0.25, 0.3) is 6.33 Å². The molecule has 0 spiro atoms. The number of hydrogen-bond donors (Lipinski definition) is 0. The van der Waals surface area contributed by atoms with Gasteiger partial charge >= 0.3 is 0 Å². The standard InChI is InChI=1S/C76H68N4O.Pt/c1-73(2,3)51-26-17-24-49(40-51)63-42-54(76(10,11)12)43-64(50-25-18-27-52(41-50)74(4,5)6)71(63)79-47-78(65-34-15-16-35-66(65)79)55-28-21-29-56(45-55)81-57-36-37-61-67(46-57)80(68-44-53(38-39-77-68)75(7,8)9)72-60-31-14-13-30-58(60)59-32-19-22-48-23-20-33-62(69(48)59)70(61)72;/h13-44H,1-12H3;/q-2;. The molecule has 0 amide bonds. The summed E-state index contributed by atoms with van der Waals surface area (Å²) in [5, 5.41) is 3.51. The molecule has 0 atom stereocenters. The summed E-state index contributed by atoms with van der Waals surface area (Å²) in [5.74, 6) is 1.96. The summed E-state index contributed by atoms with van der Waals surface area (Å²) in [6.07, 6.45) is 5.87. The average molecular weight is 1250 g/mol. The average Bonchev–Trinajstić information content (AvgIpc) is 4.15. The van der Waals surface area contributed by atoms with Gasteiger partial charge in [-0.1, -0.05) is 234 Å². The normalized spacial score (nSPS) is 12.5. The number of imidazole rings is 1. The molecule has 0 saturated carbocycles. The van der Waals surface area contributed by atoms with E-state index >= 15 is 0 Å². The molecule has 0 bridgehead atoms. The van der Waals surface area contributed by atoms with Crippen molar-refractivity contribution in [3.63, 3.8) is 0 Å². The molecule has 5 nitrogen and oxygen atoms in total. The zero-order chi connectivity index (χ0) is 56.3. The van der Waals surface area contributed by atoms with E-state index in [9.17, 15) is 0 Å². The van der Waals surface area contributed by atoms with E-state index in [0.717, 1.165) is 78.2 Å². The fourth-order valence-corrected chi connectivity index (χ4v) is 11.9. The zero-order valence-electron chi connectivity index (χ0n) is 49.0. The molecular weight excluding hydrogens is 1180 g/mol. The van der Waals surface area contributed by atoms with Gasteiger partial charge < -0.3 is 13.9 Å². The van der Waals surface area contributed by atoms with Crippen molar-refractivity contribution in [3.8, 4) is 84.5 Å². The predicted octanol–water partition coefficient (Wildman–Crippen LogP) is 19.4. The summed E-state index contributed by atoms with van der Waals surface area (Å²) in [6.45, 7) is 27.4. The smallest absolute Gasteiger partial charge is 0.268 e. The molecular formula is C76H68N4OPt-2. The largest absolute Gasteiger partial charge is 0.510 e. The Morgan fingerprint density at radius 1 is 0.463 bits per heavy atom. The Balaban J connectivity index is 0.00000665. The van der Waals surface area contributed by atoms with Crippen LogP contribution in [0.1, 0.15) is 105 Å². The molecule has 0 fully saturated rings. The molecule has 1 aliphatic carbocycles. The minimum absolute atomic E-state index is 0. The molecule has 13 rings (SSSR count). The molecule has 3 aromatic heterocycles. The third-order valence-electron chi connectivity index (χ3n) is 16.4. The van der Waals surface area contributed by atoms with Gasteiger partial charge in [-0.2, -0.15) is 18.2 Å². The minimum Gasteiger partial charge on any atom is -0.510 e. The van der Waals surface area contributed by atoms with E-state index in [1.54, 1.807) is 0 Å². The Kier molecular flexibility index (Phi) is 13.4. The second-order valence-corrected chi connectivity index (χ2v) is 26.1. The van der Waals surface area contributed by atoms with Crippen molar-refractivity contribution in [2.75, 3.05) is 0 Å². The summed E-state index contributed by atoms with van der Waals surface area (Å²) < 4.78 is 13.7. The summed E-state index contributed by atoms with van der Waals surface area (Å²) in [6, 6.07) is 76.0. The summed E-state index contributed by atoms with van der Waals surface area (Å²) in [7, 11) is 0. The number of ether oxygens (including phenoxy) is 1. The number of benzene rings is 9. The van der Waals surface area contributed by atoms with Crippen LogP contribution in [-0.4, -0.2) is 14.1 Å². The molecule has 3 heterocycles. The van der Waals surface area contributed by atoms with E-state index in [1.165, 1.54) is 49.7 Å². The molecule has 0 unspecified atom stereocenters. The van der Waals surface area contributed by atoms with Crippen molar-refractivity contribution in [1.29, 1.82) is 0 Å². The van der Waals surface area contributed by atoms with E-state index in [1.807, 2.05) is 24.4 Å². The fraction of sp³-hybridized carbons (Fsp3) is 0.211. The summed E-state index contributed by atoms with van der Waals surface area (Å²) in [5.41, 5.74) is 21.0. The van der Waals surface area contributed by atoms with Crippen LogP contribution in [0.2, 0.25) is 0 Å². The maximum atomic E-state index is 6.96. The third kappa shape index (κ3) is 9.51. The Morgan fingerprint density at radius 3 is 1.68 bits per heavy atom. The van der Waals surface area contributed by atoms with Gasteiger partial charge in [0.1, 0.15) is 5.82 Å². The molecule has 0 aliphatic heterocycles. The van der Waals surface area contributed by atoms with Gasteiger partial charge in [0.15, 0.2) is 0 Å². The van der Waals surface area contributed by atoms with Crippen LogP contribution >= 0.6 is 0 Å². The number of rotatable bonds is 7. The van der Waals surface area contributed by atoms with E-state index in [2.05, 4.69) is 285 Å². The van der Waals surface area contributed by atoms with Gasteiger partial charge in [-0.15, -0.1) is 29.7 Å². The number of hydrogen-bond acceptors (Lipinski definition) is 2. The molecule has 12 aromatic rings. The quantitative estimate of drug-likeness (QED) is 0.118. The first-order valence-electron chi connectivity index (χ1n) is 28.4. The van der Waals surface area contributed by atoms with Crippen LogP contribution in [0.4, 0.5) is 0 Å². The van der Waals surface area contributed by atoms with Crippen molar-refractivity contribution in [2.45, 2.75) is 105 Å². The molecule has 0 radical (unpaired) electrons. The van der Waals surface area contributed by atoms with E-state index < -0.39 is 0 Å². The van der Waals surface area contributed by atoms with E-state index in [4.69, 9.17) is 9.72 Å². The maximum absolute atomic E-state index is 6.96. The van der Waals surface area contributed by atoms with Gasteiger partial charge in [0.2, 0.25) is 0 Å². The van der Waals surface area contributed by atoms with Gasteiger partial charge in [0, 0.05) is 50.0 Å². The Hall–Kier alpha value is -8.11. The van der Waals surface area contributed by atoms with Crippen LogP contribution in [0, 0.1) is 18.5 Å². The molecule has 82 heavy (non-hydrogen) atoms. The fourth-order valence-electron chi connectivity index (χ4n) is 11.9. The minimum atomic E-state index is -0.132. The first kappa shape index (κ1) is 54.5. The Morgan fingerprint density at radius 2 is 1.02 bits per heavy atom. The molecule has 0 saturated heterocycles. The zero-order valence-corrected chi connectivity index (χ0v) is 51.3. The Bertz CT molecular complexity index is 4400. The number of nitrogens with zero attached hydrogens (tertiary/aromatic N) is 4. The molecule has 1 aliphatic rings. The second kappa shape index (κ2) is 20.1. The second-order valence-electron chi connectivity index (χ2n) is 26.1. The van der Waals surface area contributed by atoms with E-state index in [-0.39, 0.29) is 42.7 Å². The van der Waals surface area contributed by atoms with Gasteiger partial charge in [-0.25, -0.2) is 4.98 Å². The van der Waals surface area contributed by atoms with Crippen molar-refractivity contribution in [3.05, 3.63) is 235 Å². The SMILES string of the molecule is CC(C)(C)c1cccc(-c2cc(C(C)(C)C)cc(-c3cccc(C(C)(C)C)c3)c2-[n+]2[c-]n(-c3[c-]c(Oc4[c-]c5c(cc4)c4c(n5-c5cc(C(C)(C)C)ccn5)-c5ccccc5-c5cccc6cccc-4c56)ccc3)c3ccccc32)c1.[Pt]. The number of para-hydroxylation sites is 2. The van der Waals surface area contributed by atoms with Crippen molar-refractivity contribution in [2.24, 2.45) is 0 Å². The predicted molar refractivity (Wildman–Crippen MR) is 336 cm³/mol. The van der Waals surface area contributed by atoms with Crippen molar-refractivity contribution < 1.29 is 30.4 Å². The number of pyridine rings is 1. The van der Waals surface area contributed by atoms with Crippen LogP contribution in [0.5, 0.6) is 11.5 Å². The van der Waals surface area contributed by atoms with E-state index in [0.29, 0.717) is 11.5 Å². The van der Waals surface area contributed by atoms with Crippen molar-refractivity contribution in [1.82, 2.24) is 14.1 Å². The van der Waals surface area contributed by atoms with Crippen LogP contribution in [0.3, 0.4) is 0 Å². The molecule has 6 heteroatoms. The monoisotopic (exact) mass is 1250 g/mol. The number of aromatic nitrogens is 4. The van der Waals surface area contributed by atoms with Gasteiger partial charge in [-0.3, -0.25) is 4.57 Å². The van der Waals surface area contributed by atoms with Crippen LogP contribution in [0.25, 0.3) is 106 Å². The van der Waals surface area contributed by atoms with Crippen molar-refractivity contribution >= 4 is 32.7 Å². The molecule has 9 aromatic carbocycles. The first-order chi connectivity index (χ1) is 38.7. The molecule has 0 N–H and O–H groups in total. The van der Waals surface area contributed by atoms with Crippen LogP contribution in [-0.2, 0) is 42.7 Å². The number of fused-ring (bicyclic) bond motifs is 8. The Labute approximate surface area is 498 Å². The third-order valence-corrected chi connectivity index (χ3v) is 16.4. The van der Waals surface area contributed by atoms with Gasteiger partial charge in [-0.05, 0) is 117 Å². The topological polar surface area (TPSA) is 35.9 Å².